The second kappa shape index (κ2) is 12.0. The van der Waals surface area contributed by atoms with Crippen molar-refractivity contribution in [3.63, 3.8) is 0 Å². The Morgan fingerprint density at radius 1 is 1.06 bits per heavy atom. The third-order valence-electron chi connectivity index (χ3n) is 1.55. The van der Waals surface area contributed by atoms with Crippen molar-refractivity contribution in [1.29, 1.82) is 0 Å². The summed E-state index contributed by atoms with van der Waals surface area (Å²) >= 11 is 0. The van der Waals surface area contributed by atoms with Gasteiger partial charge in [-0.25, -0.2) is 0 Å². The molecule has 0 spiro atoms. The molecule has 0 aliphatic heterocycles. The number of ketones is 1. The third kappa shape index (κ3) is 25.6. The molecule has 5 heteroatoms. The Bertz CT molecular complexity index is 168. The van der Waals surface area contributed by atoms with E-state index in [-0.39, 0.29) is 12.2 Å². The molecule has 5 nitrogen and oxygen atoms in total. The van der Waals surface area contributed by atoms with Gasteiger partial charge >= 0.3 is 0 Å². The maximum Gasteiger partial charge on any atom is 0.132 e. The highest BCUT2D eigenvalue weighted by Gasteiger charge is 2.13. The molecule has 0 aromatic rings. The predicted octanol–water partition coefficient (Wildman–Crippen LogP) is 1.03. The summed E-state index contributed by atoms with van der Waals surface area (Å²) in [5, 5.41) is 8.97. The fourth-order valence-corrected chi connectivity index (χ4v) is 0.996. The van der Waals surface area contributed by atoms with Crippen LogP contribution in [0.2, 0.25) is 0 Å². The summed E-state index contributed by atoms with van der Waals surface area (Å²) in [6.07, 6.45) is 0.243. The van der Waals surface area contributed by atoms with Gasteiger partial charge in [0.1, 0.15) is 5.78 Å². The van der Waals surface area contributed by atoms with Gasteiger partial charge in [-0.3, -0.25) is 4.79 Å². The van der Waals surface area contributed by atoms with E-state index in [1.54, 1.807) is 28.1 Å². The lowest BCUT2D eigenvalue weighted by molar-refractivity contribution is -0.120. The lowest BCUT2D eigenvalue weighted by Crippen LogP contribution is -2.21. The van der Waals surface area contributed by atoms with E-state index >= 15 is 0 Å². The first-order chi connectivity index (χ1) is 7.83. The number of ether oxygens (including phenoxy) is 3. The number of Topliss-reactive ketones (excluding diaryl/α,β-unsaturated/α-hetero) is 1. The number of aliphatic hydroxyl groups is 1. The van der Waals surface area contributed by atoms with Gasteiger partial charge in [0.15, 0.2) is 0 Å². The van der Waals surface area contributed by atoms with Crippen LogP contribution < -0.4 is 0 Å². The van der Waals surface area contributed by atoms with Gasteiger partial charge in [-0.1, -0.05) is 0 Å². The standard InChI is InChI=1S/C6H14O3.C6H12O2/c1-7-3-5-9-6-4-8-2;1-5(7)4-6(2,3)8/h3-6H2,1-2H3;8H,4H2,1-3H3. The topological polar surface area (TPSA) is 65.0 Å². The third-order valence-corrected chi connectivity index (χ3v) is 1.55. The van der Waals surface area contributed by atoms with Crippen molar-refractivity contribution >= 4 is 5.78 Å². The first-order valence-electron chi connectivity index (χ1n) is 5.61. The van der Waals surface area contributed by atoms with E-state index in [0.29, 0.717) is 26.4 Å². The molecule has 0 saturated heterocycles. The van der Waals surface area contributed by atoms with Gasteiger partial charge in [-0.15, -0.1) is 0 Å². The summed E-state index contributed by atoms with van der Waals surface area (Å²) in [6.45, 7) is 7.33. The molecule has 1 N–H and O–H groups in total. The predicted molar refractivity (Wildman–Crippen MR) is 66.2 cm³/mol. The van der Waals surface area contributed by atoms with Crippen molar-refractivity contribution in [2.45, 2.75) is 32.8 Å². The van der Waals surface area contributed by atoms with Gasteiger partial charge in [0.25, 0.3) is 0 Å². The molecule has 0 atom stereocenters. The van der Waals surface area contributed by atoms with Gasteiger partial charge in [0, 0.05) is 20.6 Å². The van der Waals surface area contributed by atoms with E-state index in [1.165, 1.54) is 6.92 Å². The molecule has 0 heterocycles. The average molecular weight is 250 g/mol. The first kappa shape index (κ1) is 18.9. The van der Waals surface area contributed by atoms with Gasteiger partial charge in [0.2, 0.25) is 0 Å². The highest BCUT2D eigenvalue weighted by atomic mass is 16.5. The van der Waals surface area contributed by atoms with E-state index in [0.717, 1.165) is 0 Å². The molecule has 0 unspecified atom stereocenters. The fraction of sp³-hybridized carbons (Fsp3) is 0.917. The SMILES string of the molecule is CC(=O)CC(C)(C)O.COCCOCCOC. The van der Waals surface area contributed by atoms with Gasteiger partial charge < -0.3 is 19.3 Å². The maximum atomic E-state index is 10.3. The fourth-order valence-electron chi connectivity index (χ4n) is 0.996. The molecule has 0 amide bonds. The number of methoxy groups -OCH3 is 2. The van der Waals surface area contributed by atoms with Gasteiger partial charge in [-0.05, 0) is 20.8 Å². The summed E-state index contributed by atoms with van der Waals surface area (Å²) < 4.78 is 14.6. The highest BCUT2D eigenvalue weighted by molar-refractivity contribution is 5.76. The molecule has 0 aliphatic rings. The van der Waals surface area contributed by atoms with E-state index in [1.807, 2.05) is 0 Å². The van der Waals surface area contributed by atoms with Crippen LogP contribution in [0.25, 0.3) is 0 Å². The molecule has 0 rings (SSSR count). The Balaban J connectivity index is 0. The lowest BCUT2D eigenvalue weighted by Gasteiger charge is -2.13. The van der Waals surface area contributed by atoms with Crippen LogP contribution in [0.15, 0.2) is 0 Å². The van der Waals surface area contributed by atoms with E-state index in [9.17, 15) is 4.79 Å². The Morgan fingerprint density at radius 3 is 1.65 bits per heavy atom. The minimum Gasteiger partial charge on any atom is -0.390 e. The molecule has 0 radical (unpaired) electrons. The van der Waals surface area contributed by atoms with Crippen LogP contribution in [0.4, 0.5) is 0 Å². The van der Waals surface area contributed by atoms with E-state index < -0.39 is 5.60 Å². The number of carbonyl (C=O) groups is 1. The molecular formula is C12H26O5. The molecule has 104 valence electrons. The van der Waals surface area contributed by atoms with Gasteiger partial charge in [-0.2, -0.15) is 0 Å². The Kier molecular flexibility index (Phi) is 13.3. The molecule has 0 aromatic heterocycles. The molecule has 0 aliphatic carbocycles. The number of hydrogen-bond donors (Lipinski definition) is 1. The molecule has 0 saturated carbocycles. The van der Waals surface area contributed by atoms with Crippen LogP contribution in [0.3, 0.4) is 0 Å². The zero-order chi connectivity index (χ0) is 13.7. The molecule has 0 fully saturated rings. The zero-order valence-electron chi connectivity index (χ0n) is 11.6. The van der Waals surface area contributed by atoms with Gasteiger partial charge in [0.05, 0.1) is 32.0 Å². The van der Waals surface area contributed by atoms with Crippen molar-refractivity contribution in [2.24, 2.45) is 0 Å². The van der Waals surface area contributed by atoms with Crippen molar-refractivity contribution in [3.05, 3.63) is 0 Å². The highest BCUT2D eigenvalue weighted by Crippen LogP contribution is 2.06. The summed E-state index contributed by atoms with van der Waals surface area (Å²) in [5.74, 6) is 0.0255. The van der Waals surface area contributed by atoms with Crippen LogP contribution >= 0.6 is 0 Å². The Labute approximate surface area is 104 Å². The van der Waals surface area contributed by atoms with Crippen molar-refractivity contribution in [1.82, 2.24) is 0 Å². The minimum atomic E-state index is -0.828. The van der Waals surface area contributed by atoms with Crippen LogP contribution in [0.1, 0.15) is 27.2 Å². The average Bonchev–Trinajstić information content (AvgIpc) is 2.15. The van der Waals surface area contributed by atoms with Crippen LogP contribution in [-0.4, -0.2) is 57.1 Å². The van der Waals surface area contributed by atoms with E-state index in [2.05, 4.69) is 0 Å². The first-order valence-corrected chi connectivity index (χ1v) is 5.61. The summed E-state index contributed by atoms with van der Waals surface area (Å²) in [6, 6.07) is 0. The summed E-state index contributed by atoms with van der Waals surface area (Å²) in [4.78, 5) is 10.3. The maximum absolute atomic E-state index is 10.3. The molecule has 17 heavy (non-hydrogen) atoms. The quantitative estimate of drug-likeness (QED) is 0.652. The monoisotopic (exact) mass is 250 g/mol. The van der Waals surface area contributed by atoms with Crippen LogP contribution in [-0.2, 0) is 19.0 Å². The smallest absolute Gasteiger partial charge is 0.132 e. The lowest BCUT2D eigenvalue weighted by atomic mass is 10.0. The zero-order valence-corrected chi connectivity index (χ0v) is 11.6. The number of hydrogen-bond acceptors (Lipinski definition) is 5. The van der Waals surface area contributed by atoms with Crippen LogP contribution in [0, 0.1) is 0 Å². The van der Waals surface area contributed by atoms with Crippen molar-refractivity contribution in [2.75, 3.05) is 40.6 Å². The Hall–Kier alpha value is -0.490. The van der Waals surface area contributed by atoms with E-state index in [4.69, 9.17) is 19.3 Å². The van der Waals surface area contributed by atoms with Crippen LogP contribution in [0.5, 0.6) is 0 Å². The largest absolute Gasteiger partial charge is 0.390 e. The second-order valence-corrected chi connectivity index (χ2v) is 4.29. The van der Waals surface area contributed by atoms with Crippen molar-refractivity contribution in [3.8, 4) is 0 Å². The summed E-state index contributed by atoms with van der Waals surface area (Å²) in [7, 11) is 3.30. The molecule has 0 aromatic carbocycles. The Morgan fingerprint density at radius 2 is 1.47 bits per heavy atom. The summed E-state index contributed by atoms with van der Waals surface area (Å²) in [5.41, 5.74) is -0.828. The number of rotatable bonds is 8. The van der Waals surface area contributed by atoms with Crippen molar-refractivity contribution < 1.29 is 24.1 Å². The normalized spacial score (nSPS) is 10.7. The molecule has 0 bridgehead atoms. The minimum absolute atomic E-state index is 0.0255. The molecular weight excluding hydrogens is 224 g/mol. The number of carbonyl (C=O) groups excluding carboxylic acids is 1. The second-order valence-electron chi connectivity index (χ2n) is 4.29.